The molecule has 0 spiro atoms. The maximum atomic E-state index is 13.3. The number of hydrogen-bond donors (Lipinski definition) is 2. The fourth-order valence-electron chi connectivity index (χ4n) is 3.33. The molecule has 0 bridgehead atoms. The third-order valence-electron chi connectivity index (χ3n) is 5.37. The fourth-order valence-corrected chi connectivity index (χ4v) is 3.33. The molecule has 6 nitrogen and oxygen atoms in total. The summed E-state index contributed by atoms with van der Waals surface area (Å²) >= 11 is 0. The molecule has 0 saturated heterocycles. The van der Waals surface area contributed by atoms with Gasteiger partial charge in [0.25, 0.3) is 5.91 Å². The van der Waals surface area contributed by atoms with Crippen LogP contribution in [-0.2, 0) is 4.79 Å². The first kappa shape index (κ1) is 24.3. The van der Waals surface area contributed by atoms with Gasteiger partial charge in [0.1, 0.15) is 11.4 Å². The Hall–Kier alpha value is -3.02. The van der Waals surface area contributed by atoms with E-state index in [1.165, 1.54) is 0 Å². The number of anilines is 1. The predicted octanol–water partition coefficient (Wildman–Crippen LogP) is 5.76. The minimum atomic E-state index is -0.172. The van der Waals surface area contributed by atoms with Gasteiger partial charge in [0, 0.05) is 11.4 Å². The van der Waals surface area contributed by atoms with Gasteiger partial charge in [-0.25, -0.2) is 5.01 Å². The van der Waals surface area contributed by atoms with Crippen molar-refractivity contribution < 1.29 is 9.53 Å². The van der Waals surface area contributed by atoms with Gasteiger partial charge in [-0.3, -0.25) is 4.79 Å². The van der Waals surface area contributed by atoms with Crippen molar-refractivity contribution in [2.24, 2.45) is 11.0 Å². The molecule has 168 valence electrons. The largest absolute Gasteiger partial charge is 0.493 e. The Morgan fingerprint density at radius 1 is 1.35 bits per heavy atom. The number of nitrogens with zero attached hydrogens (tertiary/aromatic N) is 2. The molecule has 1 aromatic carbocycles. The third kappa shape index (κ3) is 5.78. The molecule has 1 atom stereocenters. The number of amidine groups is 1. The molecule has 0 aromatic heterocycles. The van der Waals surface area contributed by atoms with E-state index in [2.05, 4.69) is 38.0 Å². The van der Waals surface area contributed by atoms with Gasteiger partial charge >= 0.3 is 0 Å². The van der Waals surface area contributed by atoms with Crippen molar-refractivity contribution >= 4 is 17.4 Å². The minimum Gasteiger partial charge on any atom is -0.493 e. The van der Waals surface area contributed by atoms with Crippen LogP contribution >= 0.6 is 0 Å². The number of amides is 1. The number of hydrogen-bond acceptors (Lipinski definition) is 5. The normalized spacial score (nSPS) is 16.6. The van der Waals surface area contributed by atoms with Crippen LogP contribution in [0, 0.1) is 5.92 Å². The Kier molecular flexibility index (Phi) is 8.91. The van der Waals surface area contributed by atoms with E-state index in [0.717, 1.165) is 41.8 Å². The van der Waals surface area contributed by atoms with Crippen molar-refractivity contribution in [3.05, 3.63) is 59.6 Å². The zero-order valence-electron chi connectivity index (χ0n) is 19.7. The van der Waals surface area contributed by atoms with Crippen LogP contribution in [0.3, 0.4) is 0 Å². The maximum absolute atomic E-state index is 13.3. The number of nitrogens with one attached hydrogen (secondary N) is 2. The number of benzene rings is 1. The van der Waals surface area contributed by atoms with Gasteiger partial charge in [0.05, 0.1) is 12.2 Å². The van der Waals surface area contributed by atoms with Crippen molar-refractivity contribution in [2.75, 3.05) is 11.9 Å². The number of ether oxygens (including phenoxy) is 1. The lowest BCUT2D eigenvalue weighted by Crippen LogP contribution is -2.44. The molecule has 1 heterocycles. The smallest absolute Gasteiger partial charge is 0.275 e. The van der Waals surface area contributed by atoms with Crippen LogP contribution in [0.5, 0.6) is 5.75 Å². The molecule has 2 N–H and O–H groups in total. The molecule has 31 heavy (non-hydrogen) atoms. The molecule has 2 rings (SSSR count). The van der Waals surface area contributed by atoms with Crippen molar-refractivity contribution in [3.63, 3.8) is 0 Å². The topological polar surface area (TPSA) is 66.0 Å². The number of hydrazone groups is 1. The van der Waals surface area contributed by atoms with E-state index in [-0.39, 0.29) is 11.8 Å². The van der Waals surface area contributed by atoms with E-state index < -0.39 is 0 Å². The van der Waals surface area contributed by atoms with Gasteiger partial charge in [-0.1, -0.05) is 39.8 Å². The molecular formula is C25H36N4O2. The third-order valence-corrected chi connectivity index (χ3v) is 5.37. The highest BCUT2D eigenvalue weighted by atomic mass is 16.5. The SMILES string of the molecule is C=C(CCC)N1N=C(c2cc(N/C=C\C)ccc2OCC)NC(=O)/C1=C(\C)C(C)CC. The van der Waals surface area contributed by atoms with Crippen LogP contribution in [0.1, 0.15) is 66.4 Å². The first-order valence-electron chi connectivity index (χ1n) is 11.1. The second kappa shape index (κ2) is 11.4. The summed E-state index contributed by atoms with van der Waals surface area (Å²) in [5.74, 6) is 1.21. The van der Waals surface area contributed by atoms with E-state index in [4.69, 9.17) is 9.84 Å². The molecule has 1 aliphatic rings. The van der Waals surface area contributed by atoms with Crippen LogP contribution < -0.4 is 15.4 Å². The Bertz CT molecular complexity index is 899. The van der Waals surface area contributed by atoms with Crippen LogP contribution in [-0.4, -0.2) is 23.4 Å². The molecule has 1 unspecified atom stereocenters. The average molecular weight is 425 g/mol. The lowest BCUT2D eigenvalue weighted by molar-refractivity contribution is -0.118. The molecule has 0 radical (unpaired) electrons. The second-order valence-corrected chi connectivity index (χ2v) is 7.66. The predicted molar refractivity (Wildman–Crippen MR) is 129 cm³/mol. The standard InChI is InChI=1S/C25H36N4O2/c1-8-12-18(6)29-23(19(7)17(5)10-3)25(30)27-24(28-29)21-16-20(26-15-9-2)13-14-22(21)31-11-4/h9,13-17,26H,6,8,10-12H2,1-5,7H3,(H,27,28,30)/b15-9-,23-19-. The Morgan fingerprint density at radius 3 is 2.71 bits per heavy atom. The Morgan fingerprint density at radius 2 is 2.10 bits per heavy atom. The van der Waals surface area contributed by atoms with Crippen molar-refractivity contribution in [1.82, 2.24) is 10.3 Å². The van der Waals surface area contributed by atoms with Crippen molar-refractivity contribution in [2.45, 2.75) is 60.8 Å². The zero-order chi connectivity index (χ0) is 23.0. The van der Waals surface area contributed by atoms with E-state index in [0.29, 0.717) is 23.9 Å². The first-order valence-corrected chi connectivity index (χ1v) is 11.1. The maximum Gasteiger partial charge on any atom is 0.275 e. The van der Waals surface area contributed by atoms with Crippen LogP contribution in [0.25, 0.3) is 0 Å². The van der Waals surface area contributed by atoms with Gasteiger partial charge < -0.3 is 15.4 Å². The van der Waals surface area contributed by atoms with Crippen molar-refractivity contribution in [3.8, 4) is 5.75 Å². The first-order chi connectivity index (χ1) is 14.9. The molecule has 0 aliphatic carbocycles. The molecule has 0 saturated carbocycles. The summed E-state index contributed by atoms with van der Waals surface area (Å²) in [6.45, 7) is 16.9. The van der Waals surface area contributed by atoms with E-state index in [9.17, 15) is 4.79 Å². The molecule has 1 aromatic rings. The lowest BCUT2D eigenvalue weighted by atomic mass is 9.96. The fraction of sp³-hybridized carbons (Fsp3) is 0.440. The van der Waals surface area contributed by atoms with Crippen LogP contribution in [0.2, 0.25) is 0 Å². The monoisotopic (exact) mass is 424 g/mol. The van der Waals surface area contributed by atoms with Crippen molar-refractivity contribution in [1.29, 1.82) is 0 Å². The van der Waals surface area contributed by atoms with Crippen LogP contribution in [0.4, 0.5) is 5.69 Å². The summed E-state index contributed by atoms with van der Waals surface area (Å²) < 4.78 is 5.83. The van der Waals surface area contributed by atoms with E-state index >= 15 is 0 Å². The molecule has 6 heteroatoms. The van der Waals surface area contributed by atoms with E-state index in [1.54, 1.807) is 5.01 Å². The van der Waals surface area contributed by atoms with Gasteiger partial charge in [0.15, 0.2) is 5.84 Å². The number of carbonyl (C=O) groups is 1. The summed E-state index contributed by atoms with van der Waals surface area (Å²) in [4.78, 5) is 13.3. The van der Waals surface area contributed by atoms with E-state index in [1.807, 2.05) is 51.2 Å². The average Bonchev–Trinajstić information content (AvgIpc) is 2.77. The van der Waals surface area contributed by atoms with Gasteiger partial charge in [-0.15, -0.1) is 5.10 Å². The summed E-state index contributed by atoms with van der Waals surface area (Å²) in [7, 11) is 0. The molecular weight excluding hydrogens is 388 g/mol. The summed E-state index contributed by atoms with van der Waals surface area (Å²) in [6, 6.07) is 5.76. The highest BCUT2D eigenvalue weighted by molar-refractivity contribution is 6.15. The lowest BCUT2D eigenvalue weighted by Gasteiger charge is -2.32. The molecule has 1 amide bonds. The van der Waals surface area contributed by atoms with Gasteiger partial charge in [0.2, 0.25) is 0 Å². The van der Waals surface area contributed by atoms with Crippen LogP contribution in [0.15, 0.2) is 59.1 Å². The highest BCUT2D eigenvalue weighted by Gasteiger charge is 2.31. The second-order valence-electron chi connectivity index (χ2n) is 7.66. The summed E-state index contributed by atoms with van der Waals surface area (Å²) in [5.41, 5.74) is 3.98. The molecule has 0 fully saturated rings. The quantitative estimate of drug-likeness (QED) is 0.469. The minimum absolute atomic E-state index is 0.172. The number of carbonyl (C=O) groups excluding carboxylic acids is 1. The highest BCUT2D eigenvalue weighted by Crippen LogP contribution is 2.30. The summed E-state index contributed by atoms with van der Waals surface area (Å²) in [5, 5.41) is 12.8. The molecule has 1 aliphatic heterocycles. The number of rotatable bonds is 10. The zero-order valence-corrected chi connectivity index (χ0v) is 19.7. The Balaban J connectivity index is 2.63. The van der Waals surface area contributed by atoms with Gasteiger partial charge in [-0.05, 0) is 69.5 Å². The Labute approximate surface area is 186 Å². The number of allylic oxidation sites excluding steroid dienone is 3. The summed E-state index contributed by atoms with van der Waals surface area (Å²) in [6.07, 6.45) is 6.39. The van der Waals surface area contributed by atoms with Gasteiger partial charge in [-0.2, -0.15) is 0 Å².